The fraction of sp³-hybridized carbons (Fsp3) is 0.565. The minimum atomic E-state index is -0.439. The third-order valence-corrected chi connectivity index (χ3v) is 7.37. The molecule has 2 amide bonds. The van der Waals surface area contributed by atoms with Gasteiger partial charge in [0.05, 0.1) is 11.9 Å². The normalized spacial score (nSPS) is 23.2. The van der Waals surface area contributed by atoms with E-state index in [1.807, 2.05) is 11.0 Å². The summed E-state index contributed by atoms with van der Waals surface area (Å²) in [5.74, 6) is 1.52. The van der Waals surface area contributed by atoms with E-state index in [4.69, 9.17) is 9.47 Å². The van der Waals surface area contributed by atoms with Gasteiger partial charge >= 0.3 is 0 Å². The van der Waals surface area contributed by atoms with Gasteiger partial charge in [-0.3, -0.25) is 9.59 Å². The predicted molar refractivity (Wildman–Crippen MR) is 118 cm³/mol. The number of allylic oxidation sites excluding steroid dienone is 1. The lowest BCUT2D eigenvalue weighted by atomic mass is 10.1. The van der Waals surface area contributed by atoms with Gasteiger partial charge in [0, 0.05) is 32.9 Å². The molecule has 0 spiro atoms. The summed E-state index contributed by atoms with van der Waals surface area (Å²) < 4.78 is 10.8. The van der Waals surface area contributed by atoms with Gasteiger partial charge in [0.1, 0.15) is 6.04 Å². The summed E-state index contributed by atoms with van der Waals surface area (Å²) in [6.45, 7) is 0.665. The highest BCUT2D eigenvalue weighted by atomic mass is 32.2. The number of carbonyl (C=O) groups is 2. The number of thioether (sulfide) groups is 1. The summed E-state index contributed by atoms with van der Waals surface area (Å²) in [6, 6.07) is 7.90. The number of hydrogen-bond donors (Lipinski definition) is 0. The Morgan fingerprint density at radius 3 is 2.77 bits per heavy atom. The number of benzene rings is 1. The lowest BCUT2D eigenvalue weighted by Gasteiger charge is -2.33. The Morgan fingerprint density at radius 1 is 1.20 bits per heavy atom. The van der Waals surface area contributed by atoms with Crippen LogP contribution in [0.4, 0.5) is 0 Å². The molecule has 2 heterocycles. The second-order valence-corrected chi connectivity index (χ2v) is 9.14. The fourth-order valence-electron chi connectivity index (χ4n) is 4.76. The van der Waals surface area contributed by atoms with Crippen molar-refractivity contribution in [3.05, 3.63) is 41.0 Å². The molecule has 0 bridgehead atoms. The molecule has 0 N–H and O–H groups in total. The minimum absolute atomic E-state index is 0.0300. The first-order valence-corrected chi connectivity index (χ1v) is 11.8. The van der Waals surface area contributed by atoms with Crippen LogP contribution in [0.25, 0.3) is 6.08 Å². The van der Waals surface area contributed by atoms with E-state index < -0.39 is 6.29 Å². The lowest BCUT2D eigenvalue weighted by Crippen LogP contribution is -2.53. The van der Waals surface area contributed by atoms with Crippen molar-refractivity contribution in [1.29, 1.82) is 0 Å². The van der Waals surface area contributed by atoms with E-state index in [0.717, 1.165) is 31.4 Å². The van der Waals surface area contributed by atoms with Crippen molar-refractivity contribution in [3.63, 3.8) is 0 Å². The van der Waals surface area contributed by atoms with Crippen molar-refractivity contribution in [3.8, 4) is 0 Å². The van der Waals surface area contributed by atoms with Crippen LogP contribution >= 0.6 is 11.8 Å². The Bertz CT molecular complexity index is 823. The van der Waals surface area contributed by atoms with Crippen LogP contribution in [-0.4, -0.2) is 72.4 Å². The molecule has 2 atom stereocenters. The highest BCUT2D eigenvalue weighted by Gasteiger charge is 2.42. The summed E-state index contributed by atoms with van der Waals surface area (Å²) in [6.07, 6.45) is 5.51. The average Bonchev–Trinajstić information content (AvgIpc) is 3.51. The SMILES string of the molecule is COC(OC)[C@@H]1CSCN1C(=O)[C@@H]1CCCN1C(=O)CCC1=Cc2ccccc2C1. The van der Waals surface area contributed by atoms with Crippen LogP contribution in [0.3, 0.4) is 0 Å². The topological polar surface area (TPSA) is 59.1 Å². The maximum absolute atomic E-state index is 13.3. The summed E-state index contributed by atoms with van der Waals surface area (Å²) in [7, 11) is 3.20. The predicted octanol–water partition coefficient (Wildman–Crippen LogP) is 2.92. The number of hydrogen-bond acceptors (Lipinski definition) is 5. The maximum atomic E-state index is 13.3. The molecule has 0 unspecified atom stereocenters. The maximum Gasteiger partial charge on any atom is 0.246 e. The van der Waals surface area contributed by atoms with Gasteiger partial charge in [0.15, 0.2) is 6.29 Å². The highest BCUT2D eigenvalue weighted by Crippen LogP contribution is 2.31. The van der Waals surface area contributed by atoms with Crippen molar-refractivity contribution < 1.29 is 19.1 Å². The van der Waals surface area contributed by atoms with E-state index in [0.29, 0.717) is 18.8 Å². The van der Waals surface area contributed by atoms with Crippen LogP contribution < -0.4 is 0 Å². The standard InChI is InChI=1S/C23H30N2O4S/c1-28-23(29-2)20-14-30-15-25(20)22(27)19-8-5-11-24(19)21(26)10-9-16-12-17-6-3-4-7-18(17)13-16/h3-4,6-7,12,19-20,23H,5,8-11,13-15H2,1-2H3/t19-,20-/m0/s1. The number of fused-ring (bicyclic) bond motifs is 1. The quantitative estimate of drug-likeness (QED) is 0.623. The van der Waals surface area contributed by atoms with Crippen LogP contribution in [0.15, 0.2) is 29.8 Å². The van der Waals surface area contributed by atoms with Gasteiger partial charge in [-0.15, -0.1) is 11.8 Å². The minimum Gasteiger partial charge on any atom is -0.354 e. The molecule has 6 nitrogen and oxygen atoms in total. The fourth-order valence-corrected chi connectivity index (χ4v) is 5.96. The van der Waals surface area contributed by atoms with Crippen LogP contribution in [0.2, 0.25) is 0 Å². The molecule has 0 saturated carbocycles. The van der Waals surface area contributed by atoms with Gasteiger partial charge in [-0.25, -0.2) is 0 Å². The molecule has 0 aromatic heterocycles. The zero-order valence-electron chi connectivity index (χ0n) is 17.7. The molecule has 3 aliphatic rings. The third-order valence-electron chi connectivity index (χ3n) is 6.33. The summed E-state index contributed by atoms with van der Waals surface area (Å²) >= 11 is 1.70. The van der Waals surface area contributed by atoms with Gasteiger partial charge in [0.2, 0.25) is 11.8 Å². The number of likely N-dealkylation sites (tertiary alicyclic amines) is 1. The Hall–Kier alpha value is -1.83. The molecule has 30 heavy (non-hydrogen) atoms. The Labute approximate surface area is 182 Å². The summed E-state index contributed by atoms with van der Waals surface area (Å²) in [4.78, 5) is 30.0. The van der Waals surface area contributed by atoms with Crippen molar-refractivity contribution in [2.45, 2.75) is 50.5 Å². The van der Waals surface area contributed by atoms with Crippen molar-refractivity contribution in [2.24, 2.45) is 0 Å². The van der Waals surface area contributed by atoms with Crippen LogP contribution in [-0.2, 0) is 25.5 Å². The van der Waals surface area contributed by atoms with E-state index in [2.05, 4.69) is 24.3 Å². The number of rotatable bonds is 7. The number of nitrogens with zero attached hydrogens (tertiary/aromatic N) is 2. The smallest absolute Gasteiger partial charge is 0.246 e. The van der Waals surface area contributed by atoms with E-state index in [1.165, 1.54) is 16.7 Å². The van der Waals surface area contributed by atoms with E-state index in [9.17, 15) is 9.59 Å². The molecule has 1 aromatic carbocycles. The van der Waals surface area contributed by atoms with Gasteiger partial charge in [0.25, 0.3) is 0 Å². The Kier molecular flexibility index (Phi) is 6.80. The van der Waals surface area contributed by atoms with Gasteiger partial charge in [-0.1, -0.05) is 35.9 Å². The van der Waals surface area contributed by atoms with E-state index in [-0.39, 0.29) is 23.9 Å². The molecule has 7 heteroatoms. The molecular weight excluding hydrogens is 400 g/mol. The molecule has 1 aromatic rings. The first-order chi connectivity index (χ1) is 14.6. The van der Waals surface area contributed by atoms with Crippen LogP contribution in [0.5, 0.6) is 0 Å². The lowest BCUT2D eigenvalue weighted by molar-refractivity contribution is -0.160. The van der Waals surface area contributed by atoms with Gasteiger partial charge < -0.3 is 19.3 Å². The summed E-state index contributed by atoms with van der Waals surface area (Å²) in [5.41, 5.74) is 3.89. The Balaban J connectivity index is 1.36. The van der Waals surface area contributed by atoms with Crippen molar-refractivity contribution >= 4 is 29.7 Å². The number of methoxy groups -OCH3 is 2. The second-order valence-electron chi connectivity index (χ2n) is 8.14. The number of ether oxygens (including phenoxy) is 2. The van der Waals surface area contributed by atoms with Gasteiger partial charge in [-0.2, -0.15) is 0 Å². The first-order valence-electron chi connectivity index (χ1n) is 10.6. The monoisotopic (exact) mass is 430 g/mol. The molecule has 0 radical (unpaired) electrons. The average molecular weight is 431 g/mol. The summed E-state index contributed by atoms with van der Waals surface area (Å²) in [5, 5.41) is 0. The molecule has 2 aliphatic heterocycles. The number of carbonyl (C=O) groups excluding carboxylic acids is 2. The van der Waals surface area contributed by atoms with Crippen LogP contribution in [0.1, 0.15) is 36.8 Å². The molecular formula is C23H30N2O4S. The molecule has 162 valence electrons. The second kappa shape index (κ2) is 9.54. The molecule has 4 rings (SSSR count). The molecule has 2 fully saturated rings. The van der Waals surface area contributed by atoms with Crippen LogP contribution in [0, 0.1) is 0 Å². The zero-order chi connectivity index (χ0) is 21.1. The highest BCUT2D eigenvalue weighted by molar-refractivity contribution is 7.99. The molecule has 2 saturated heterocycles. The van der Waals surface area contributed by atoms with Crippen molar-refractivity contribution in [2.75, 3.05) is 32.4 Å². The third kappa shape index (κ3) is 4.29. The van der Waals surface area contributed by atoms with Gasteiger partial charge in [-0.05, 0) is 36.8 Å². The Morgan fingerprint density at radius 2 is 2.00 bits per heavy atom. The number of amides is 2. The van der Waals surface area contributed by atoms with Crippen molar-refractivity contribution in [1.82, 2.24) is 9.80 Å². The molecule has 1 aliphatic carbocycles. The zero-order valence-corrected chi connectivity index (χ0v) is 18.5. The first kappa shape index (κ1) is 21.4. The van der Waals surface area contributed by atoms with E-state index >= 15 is 0 Å². The van der Waals surface area contributed by atoms with E-state index in [1.54, 1.807) is 30.9 Å². The largest absolute Gasteiger partial charge is 0.354 e.